The quantitative estimate of drug-likeness (QED) is 0.330. The molecule has 3 nitrogen and oxygen atoms in total. The lowest BCUT2D eigenvalue weighted by Gasteiger charge is -2.16. The Labute approximate surface area is 194 Å². The number of ether oxygens (including phenoxy) is 2. The summed E-state index contributed by atoms with van der Waals surface area (Å²) in [5, 5.41) is 5.10. The predicted octanol–water partition coefficient (Wildman–Crippen LogP) is 8.00. The Kier molecular flexibility index (Phi) is 7.96. The van der Waals surface area contributed by atoms with Gasteiger partial charge in [0, 0.05) is 21.7 Å². The third-order valence-electron chi connectivity index (χ3n) is 4.12. The number of hydrogen-bond donors (Lipinski definition) is 1. The summed E-state index contributed by atoms with van der Waals surface area (Å²) in [6.45, 7) is 3.45. The van der Waals surface area contributed by atoms with Crippen molar-refractivity contribution in [3.8, 4) is 11.5 Å². The minimum absolute atomic E-state index is 0.353. The van der Waals surface area contributed by atoms with Crippen LogP contribution in [0, 0.1) is 0 Å². The molecule has 0 spiro atoms. The highest BCUT2D eigenvalue weighted by Gasteiger charge is 2.12. The Hall–Kier alpha value is -1.59. The zero-order valence-corrected chi connectivity index (χ0v) is 19.5. The Morgan fingerprint density at radius 3 is 2.28 bits per heavy atom. The second kappa shape index (κ2) is 10.4. The molecule has 3 aromatic rings. The summed E-state index contributed by atoms with van der Waals surface area (Å²) in [5.41, 5.74) is 2.95. The first-order valence-electron chi connectivity index (χ1n) is 8.97. The van der Waals surface area contributed by atoms with Crippen LogP contribution in [0.2, 0.25) is 15.1 Å². The van der Waals surface area contributed by atoms with Gasteiger partial charge in [0.2, 0.25) is 0 Å². The third-order valence-corrected chi connectivity index (χ3v) is 5.85. The predicted molar refractivity (Wildman–Crippen MR) is 125 cm³/mol. The molecule has 0 saturated heterocycles. The molecule has 0 aromatic heterocycles. The number of hydrogen-bond acceptors (Lipinski definition) is 3. The van der Waals surface area contributed by atoms with Crippen molar-refractivity contribution in [2.75, 3.05) is 11.9 Å². The van der Waals surface area contributed by atoms with Gasteiger partial charge < -0.3 is 14.8 Å². The molecule has 152 valence electrons. The fourth-order valence-corrected chi connectivity index (χ4v) is 3.56. The van der Waals surface area contributed by atoms with Gasteiger partial charge in [-0.3, -0.25) is 0 Å². The van der Waals surface area contributed by atoms with Gasteiger partial charge in [0.15, 0.2) is 11.5 Å². The van der Waals surface area contributed by atoms with Gasteiger partial charge in [0.05, 0.1) is 16.7 Å². The van der Waals surface area contributed by atoms with E-state index in [-0.39, 0.29) is 0 Å². The minimum Gasteiger partial charge on any atom is -0.490 e. The molecule has 0 aliphatic carbocycles. The normalized spacial score (nSPS) is 10.7. The maximum Gasteiger partial charge on any atom is 0.162 e. The second-order valence-electron chi connectivity index (χ2n) is 6.22. The molecule has 0 aliphatic rings. The summed E-state index contributed by atoms with van der Waals surface area (Å²) in [6, 6.07) is 16.9. The van der Waals surface area contributed by atoms with E-state index in [0.717, 1.165) is 21.3 Å². The monoisotopic (exact) mass is 513 g/mol. The van der Waals surface area contributed by atoms with Gasteiger partial charge in [-0.2, -0.15) is 0 Å². The van der Waals surface area contributed by atoms with Crippen molar-refractivity contribution < 1.29 is 9.47 Å². The first kappa shape index (κ1) is 22.1. The molecule has 0 saturated carbocycles. The van der Waals surface area contributed by atoms with Crippen molar-refractivity contribution in [1.82, 2.24) is 0 Å². The van der Waals surface area contributed by atoms with E-state index in [4.69, 9.17) is 44.3 Å². The molecule has 0 unspecified atom stereocenters. The van der Waals surface area contributed by atoms with E-state index in [9.17, 15) is 0 Å². The van der Waals surface area contributed by atoms with Crippen LogP contribution in [0.5, 0.6) is 11.5 Å². The molecular formula is C22H19BrCl3NO2. The smallest absolute Gasteiger partial charge is 0.162 e. The molecule has 0 amide bonds. The lowest BCUT2D eigenvalue weighted by atomic mass is 10.2. The van der Waals surface area contributed by atoms with Crippen LogP contribution < -0.4 is 14.8 Å². The van der Waals surface area contributed by atoms with Crippen molar-refractivity contribution >= 4 is 56.4 Å². The fraction of sp³-hybridized carbons (Fsp3) is 0.182. The van der Waals surface area contributed by atoms with Crippen LogP contribution in [0.3, 0.4) is 0 Å². The van der Waals surface area contributed by atoms with Crippen molar-refractivity contribution in [3.63, 3.8) is 0 Å². The highest BCUT2D eigenvalue weighted by atomic mass is 79.9. The van der Waals surface area contributed by atoms with Crippen LogP contribution in [0.15, 0.2) is 59.1 Å². The van der Waals surface area contributed by atoms with Crippen LogP contribution in [0.25, 0.3) is 0 Å². The summed E-state index contributed by atoms with van der Waals surface area (Å²) in [5.74, 6) is 1.34. The van der Waals surface area contributed by atoms with Gasteiger partial charge in [-0.25, -0.2) is 0 Å². The molecule has 0 bridgehead atoms. The number of halogens is 4. The molecule has 0 radical (unpaired) electrons. The summed E-state index contributed by atoms with van der Waals surface area (Å²) >= 11 is 21.6. The standard InChI is InChI=1S/C22H19BrCl3NO2/c1-2-28-21-10-15(12-27-17-6-4-16(24)5-7-17)18(23)11-22(21)29-13-14-3-8-19(25)20(26)9-14/h3-11,27H,2,12-13H2,1H3. The van der Waals surface area contributed by atoms with E-state index >= 15 is 0 Å². The number of anilines is 1. The van der Waals surface area contributed by atoms with Crippen LogP contribution in [0.1, 0.15) is 18.1 Å². The molecule has 0 fully saturated rings. The zero-order chi connectivity index (χ0) is 20.8. The number of nitrogens with one attached hydrogen (secondary N) is 1. The van der Waals surface area contributed by atoms with Gasteiger partial charge in [-0.15, -0.1) is 0 Å². The second-order valence-corrected chi connectivity index (χ2v) is 8.33. The highest BCUT2D eigenvalue weighted by molar-refractivity contribution is 9.10. The maximum absolute atomic E-state index is 6.08. The maximum atomic E-state index is 6.08. The van der Waals surface area contributed by atoms with E-state index in [1.807, 2.05) is 49.4 Å². The average molecular weight is 516 g/mol. The lowest BCUT2D eigenvalue weighted by Crippen LogP contribution is -2.04. The highest BCUT2D eigenvalue weighted by Crippen LogP contribution is 2.35. The topological polar surface area (TPSA) is 30.5 Å². The van der Waals surface area contributed by atoms with Crippen LogP contribution in [0.4, 0.5) is 5.69 Å². The Morgan fingerprint density at radius 1 is 0.862 bits per heavy atom. The van der Waals surface area contributed by atoms with E-state index in [0.29, 0.717) is 46.3 Å². The number of rotatable bonds is 8. The molecule has 3 rings (SSSR count). The van der Waals surface area contributed by atoms with Gasteiger partial charge in [-0.1, -0.05) is 56.8 Å². The van der Waals surface area contributed by atoms with Gasteiger partial charge in [0.1, 0.15) is 6.61 Å². The van der Waals surface area contributed by atoms with Gasteiger partial charge in [-0.05, 0) is 66.6 Å². The lowest BCUT2D eigenvalue weighted by molar-refractivity contribution is 0.269. The first-order valence-corrected chi connectivity index (χ1v) is 10.9. The van der Waals surface area contributed by atoms with Crippen molar-refractivity contribution in [2.45, 2.75) is 20.1 Å². The zero-order valence-electron chi connectivity index (χ0n) is 15.6. The Balaban J connectivity index is 1.74. The first-order chi connectivity index (χ1) is 14.0. The van der Waals surface area contributed by atoms with Crippen LogP contribution >= 0.6 is 50.7 Å². The average Bonchev–Trinajstić information content (AvgIpc) is 2.70. The van der Waals surface area contributed by atoms with Crippen molar-refractivity contribution in [1.29, 1.82) is 0 Å². The summed E-state index contributed by atoms with van der Waals surface area (Å²) in [6.07, 6.45) is 0. The molecule has 1 N–H and O–H groups in total. The summed E-state index contributed by atoms with van der Waals surface area (Å²) < 4.78 is 12.7. The van der Waals surface area contributed by atoms with E-state index in [1.54, 1.807) is 12.1 Å². The summed E-state index contributed by atoms with van der Waals surface area (Å²) in [7, 11) is 0. The Bertz CT molecular complexity index is 981. The molecule has 7 heteroatoms. The molecule has 0 heterocycles. The molecular weight excluding hydrogens is 497 g/mol. The molecule has 29 heavy (non-hydrogen) atoms. The Morgan fingerprint density at radius 2 is 1.59 bits per heavy atom. The SMILES string of the molecule is CCOc1cc(CNc2ccc(Cl)cc2)c(Br)cc1OCc1ccc(Cl)c(Cl)c1. The minimum atomic E-state index is 0.353. The van der Waals surface area contributed by atoms with E-state index < -0.39 is 0 Å². The van der Waals surface area contributed by atoms with Gasteiger partial charge >= 0.3 is 0 Å². The molecule has 0 aliphatic heterocycles. The molecule has 0 atom stereocenters. The summed E-state index contributed by atoms with van der Waals surface area (Å²) in [4.78, 5) is 0. The van der Waals surface area contributed by atoms with Crippen LogP contribution in [-0.2, 0) is 13.2 Å². The van der Waals surface area contributed by atoms with E-state index in [1.165, 1.54) is 0 Å². The third kappa shape index (κ3) is 6.19. The van der Waals surface area contributed by atoms with Crippen LogP contribution in [-0.4, -0.2) is 6.61 Å². The molecule has 3 aromatic carbocycles. The van der Waals surface area contributed by atoms with Crippen molar-refractivity contribution in [2.24, 2.45) is 0 Å². The van der Waals surface area contributed by atoms with Crippen molar-refractivity contribution in [3.05, 3.63) is 85.3 Å². The number of benzene rings is 3. The van der Waals surface area contributed by atoms with Gasteiger partial charge in [0.25, 0.3) is 0 Å². The fourth-order valence-electron chi connectivity index (χ4n) is 2.65. The largest absolute Gasteiger partial charge is 0.490 e. The van der Waals surface area contributed by atoms with E-state index in [2.05, 4.69) is 21.2 Å².